The molecule has 2 aromatic rings. The SMILES string of the molecule is FC(F)(F)c1ccnc(ON=C2C=CC=C3N=c4ccccc4=C32)n1. The Balaban J connectivity index is 1.71. The molecular weight excluding hydrogens is 333 g/mol. The van der Waals surface area contributed by atoms with Crippen molar-refractivity contribution in [2.75, 3.05) is 0 Å². The van der Waals surface area contributed by atoms with E-state index in [1.165, 1.54) is 0 Å². The van der Waals surface area contributed by atoms with Crippen LogP contribution in [0.3, 0.4) is 0 Å². The monoisotopic (exact) mass is 342 g/mol. The second kappa shape index (κ2) is 5.66. The van der Waals surface area contributed by atoms with Crippen molar-refractivity contribution in [3.8, 4) is 6.01 Å². The van der Waals surface area contributed by atoms with Gasteiger partial charge in [0.2, 0.25) is 0 Å². The first-order valence-corrected chi connectivity index (χ1v) is 7.25. The van der Waals surface area contributed by atoms with Gasteiger partial charge in [-0.1, -0.05) is 29.4 Å². The average molecular weight is 342 g/mol. The van der Waals surface area contributed by atoms with Crippen LogP contribution in [-0.4, -0.2) is 15.7 Å². The van der Waals surface area contributed by atoms with Gasteiger partial charge in [-0.15, -0.1) is 0 Å². The van der Waals surface area contributed by atoms with E-state index in [2.05, 4.69) is 20.1 Å². The minimum absolute atomic E-state index is 0.437. The number of para-hydroxylation sites is 1. The number of alkyl halides is 3. The molecule has 124 valence electrons. The smallest absolute Gasteiger partial charge is 0.314 e. The third-order valence-electron chi connectivity index (χ3n) is 3.58. The van der Waals surface area contributed by atoms with E-state index in [-0.39, 0.29) is 0 Å². The van der Waals surface area contributed by atoms with Crippen LogP contribution in [0, 0.1) is 0 Å². The average Bonchev–Trinajstić information content (AvgIpc) is 2.98. The fourth-order valence-electron chi connectivity index (χ4n) is 2.52. The Morgan fingerprint density at radius 1 is 1.08 bits per heavy atom. The second-order valence-corrected chi connectivity index (χ2v) is 5.21. The maximum absolute atomic E-state index is 12.7. The van der Waals surface area contributed by atoms with Crippen molar-refractivity contribution >= 4 is 11.3 Å². The van der Waals surface area contributed by atoms with Crippen molar-refractivity contribution < 1.29 is 18.0 Å². The molecule has 1 aromatic carbocycles. The molecule has 1 aliphatic heterocycles. The van der Waals surface area contributed by atoms with Gasteiger partial charge >= 0.3 is 12.2 Å². The number of halogens is 3. The summed E-state index contributed by atoms with van der Waals surface area (Å²) in [5, 5.41) is 5.60. The standard InChI is InChI=1S/C17H9F3N4O/c18-17(19,20)14-8-9-21-16(23-14)25-24-13-7-3-6-12-15(13)10-4-1-2-5-11(10)22-12/h1-9H. The third kappa shape index (κ3) is 2.82. The van der Waals surface area contributed by atoms with E-state index in [1.807, 2.05) is 30.3 Å². The van der Waals surface area contributed by atoms with Crippen molar-refractivity contribution in [1.82, 2.24) is 9.97 Å². The second-order valence-electron chi connectivity index (χ2n) is 5.21. The maximum atomic E-state index is 12.7. The molecule has 25 heavy (non-hydrogen) atoms. The summed E-state index contributed by atoms with van der Waals surface area (Å²) in [6.45, 7) is 0. The molecule has 4 rings (SSSR count). The highest BCUT2D eigenvalue weighted by Crippen LogP contribution is 2.28. The summed E-state index contributed by atoms with van der Waals surface area (Å²) in [5.41, 5.74) is 0.819. The summed E-state index contributed by atoms with van der Waals surface area (Å²) >= 11 is 0. The number of allylic oxidation sites excluding steroid dienone is 4. The summed E-state index contributed by atoms with van der Waals surface area (Å²) in [4.78, 5) is 16.5. The summed E-state index contributed by atoms with van der Waals surface area (Å²) in [6, 6.07) is 7.80. The van der Waals surface area contributed by atoms with Crippen LogP contribution >= 0.6 is 0 Å². The fraction of sp³-hybridized carbons (Fsp3) is 0.0588. The highest BCUT2D eigenvalue weighted by molar-refractivity contribution is 6.30. The number of benzene rings is 1. The molecule has 2 heterocycles. The molecule has 0 saturated carbocycles. The van der Waals surface area contributed by atoms with Crippen molar-refractivity contribution in [2.45, 2.75) is 6.18 Å². The molecule has 2 aliphatic rings. The number of hydrogen-bond donors (Lipinski definition) is 0. The van der Waals surface area contributed by atoms with Crippen LogP contribution in [0.2, 0.25) is 0 Å². The first kappa shape index (κ1) is 15.3. The number of rotatable bonds is 2. The molecule has 0 unspecified atom stereocenters. The highest BCUT2D eigenvalue weighted by Gasteiger charge is 2.33. The summed E-state index contributed by atoms with van der Waals surface area (Å²) < 4.78 is 38.1. The van der Waals surface area contributed by atoms with Crippen LogP contribution in [0.15, 0.2) is 70.6 Å². The van der Waals surface area contributed by atoms with Gasteiger partial charge in [0.15, 0.2) is 5.69 Å². The lowest BCUT2D eigenvalue weighted by molar-refractivity contribution is -0.141. The number of fused-ring (bicyclic) bond motifs is 2. The van der Waals surface area contributed by atoms with Crippen molar-refractivity contribution in [1.29, 1.82) is 0 Å². The molecular formula is C17H9F3N4O. The van der Waals surface area contributed by atoms with E-state index >= 15 is 0 Å². The van der Waals surface area contributed by atoms with Crippen LogP contribution in [0.5, 0.6) is 6.01 Å². The van der Waals surface area contributed by atoms with Crippen molar-refractivity contribution in [3.63, 3.8) is 0 Å². The van der Waals surface area contributed by atoms with Crippen LogP contribution in [0.4, 0.5) is 13.2 Å². The summed E-state index contributed by atoms with van der Waals surface area (Å²) in [5.74, 6) is 0. The van der Waals surface area contributed by atoms with Crippen LogP contribution < -0.4 is 15.4 Å². The number of nitrogens with zero attached hydrogens (tertiary/aromatic N) is 4. The zero-order valence-corrected chi connectivity index (χ0v) is 12.5. The van der Waals surface area contributed by atoms with Gasteiger partial charge in [-0.25, -0.2) is 9.98 Å². The Kier molecular flexibility index (Phi) is 3.45. The zero-order valence-electron chi connectivity index (χ0n) is 12.5. The van der Waals surface area contributed by atoms with Crippen molar-refractivity contribution in [2.24, 2.45) is 10.1 Å². The fourth-order valence-corrected chi connectivity index (χ4v) is 2.52. The molecule has 0 atom stereocenters. The Morgan fingerprint density at radius 2 is 1.92 bits per heavy atom. The molecule has 0 fully saturated rings. The molecule has 0 N–H and O–H groups in total. The van der Waals surface area contributed by atoms with Gasteiger partial charge in [0.25, 0.3) is 0 Å². The van der Waals surface area contributed by atoms with E-state index in [4.69, 9.17) is 4.84 Å². The molecule has 1 aromatic heterocycles. The lowest BCUT2D eigenvalue weighted by Crippen LogP contribution is -2.24. The lowest BCUT2D eigenvalue weighted by Gasteiger charge is -2.08. The first-order chi connectivity index (χ1) is 12.0. The Labute approximate surface area is 139 Å². The van der Waals surface area contributed by atoms with Gasteiger partial charge in [-0.3, -0.25) is 0 Å². The number of hydrogen-bond acceptors (Lipinski definition) is 5. The lowest BCUT2D eigenvalue weighted by atomic mass is 10.0. The van der Waals surface area contributed by atoms with Crippen molar-refractivity contribution in [3.05, 3.63) is 76.7 Å². The largest absolute Gasteiger partial charge is 0.433 e. The molecule has 0 bridgehead atoms. The zero-order chi connectivity index (χ0) is 17.4. The molecule has 5 nitrogen and oxygen atoms in total. The van der Waals surface area contributed by atoms with Gasteiger partial charge in [0, 0.05) is 17.0 Å². The summed E-state index contributed by atoms with van der Waals surface area (Å²) in [6.07, 6.45) is 1.65. The van der Waals surface area contributed by atoms with Gasteiger partial charge in [-0.2, -0.15) is 18.2 Å². The Morgan fingerprint density at radius 3 is 2.76 bits per heavy atom. The minimum Gasteiger partial charge on any atom is -0.314 e. The Bertz CT molecular complexity index is 1070. The van der Waals surface area contributed by atoms with Crippen LogP contribution in [0.1, 0.15) is 5.69 Å². The third-order valence-corrected chi connectivity index (χ3v) is 3.58. The van der Waals surface area contributed by atoms with Gasteiger partial charge < -0.3 is 4.84 Å². The molecule has 0 spiro atoms. The van der Waals surface area contributed by atoms with E-state index < -0.39 is 17.9 Å². The van der Waals surface area contributed by atoms with Crippen LogP contribution in [-0.2, 0) is 6.18 Å². The van der Waals surface area contributed by atoms with Gasteiger partial charge in [0.1, 0.15) is 5.71 Å². The topological polar surface area (TPSA) is 59.7 Å². The quantitative estimate of drug-likeness (QED) is 0.786. The maximum Gasteiger partial charge on any atom is 0.433 e. The predicted octanol–water partition coefficient (Wildman–Crippen LogP) is 2.17. The normalized spacial score (nSPS) is 17.0. The molecule has 0 saturated heterocycles. The van der Waals surface area contributed by atoms with Gasteiger partial charge in [-0.05, 0) is 24.3 Å². The van der Waals surface area contributed by atoms with E-state index in [9.17, 15) is 13.2 Å². The molecule has 8 heteroatoms. The minimum atomic E-state index is -4.58. The molecule has 0 radical (unpaired) electrons. The molecule has 0 amide bonds. The van der Waals surface area contributed by atoms with E-state index in [0.717, 1.165) is 34.1 Å². The first-order valence-electron chi connectivity index (χ1n) is 7.25. The van der Waals surface area contributed by atoms with E-state index in [1.54, 1.807) is 12.2 Å². The molecule has 1 aliphatic carbocycles. The van der Waals surface area contributed by atoms with E-state index in [0.29, 0.717) is 5.71 Å². The number of oxime groups is 1. The predicted molar refractivity (Wildman–Crippen MR) is 83.0 cm³/mol. The highest BCUT2D eigenvalue weighted by atomic mass is 19.4. The summed E-state index contributed by atoms with van der Waals surface area (Å²) in [7, 11) is 0. The number of aromatic nitrogens is 2. The Hall–Kier alpha value is -3.29. The van der Waals surface area contributed by atoms with Gasteiger partial charge in [0.05, 0.1) is 11.1 Å². The van der Waals surface area contributed by atoms with Crippen LogP contribution in [0.25, 0.3) is 5.57 Å².